The number of furan rings is 1. The van der Waals surface area contributed by atoms with Gasteiger partial charge in [0.15, 0.2) is 5.76 Å². The SMILES string of the molecule is O=C(NNc1cccc(C(F)(F)F)c1)c1ccc(S(=O)(=O)N2CCCCC2)o1. The fourth-order valence-corrected chi connectivity index (χ4v) is 4.21. The molecule has 2 heterocycles. The quantitative estimate of drug-likeness (QED) is 0.729. The average Bonchev–Trinajstić information content (AvgIpc) is 3.17. The van der Waals surface area contributed by atoms with E-state index in [4.69, 9.17) is 4.42 Å². The van der Waals surface area contributed by atoms with E-state index < -0.39 is 27.7 Å². The molecule has 3 rings (SSSR count). The van der Waals surface area contributed by atoms with Crippen molar-refractivity contribution in [2.75, 3.05) is 18.5 Å². The third-order valence-electron chi connectivity index (χ3n) is 4.22. The van der Waals surface area contributed by atoms with Crippen LogP contribution >= 0.6 is 0 Å². The molecule has 0 aliphatic carbocycles. The minimum atomic E-state index is -4.51. The standard InChI is InChI=1S/C17H18F3N3O4S/c18-17(19,20)12-5-4-6-13(11-12)21-22-16(24)14-7-8-15(27-14)28(25,26)23-9-2-1-3-10-23/h4-8,11,21H,1-3,9-10H2,(H,22,24). The summed E-state index contributed by atoms with van der Waals surface area (Å²) in [4.78, 5) is 12.1. The molecule has 2 N–H and O–H groups in total. The van der Waals surface area contributed by atoms with Gasteiger partial charge in [-0.2, -0.15) is 17.5 Å². The Balaban J connectivity index is 1.66. The van der Waals surface area contributed by atoms with Crippen molar-refractivity contribution in [3.05, 3.63) is 47.7 Å². The summed E-state index contributed by atoms with van der Waals surface area (Å²) in [6.07, 6.45) is -2.04. The van der Waals surface area contributed by atoms with Crippen molar-refractivity contribution in [1.29, 1.82) is 0 Å². The van der Waals surface area contributed by atoms with Gasteiger partial charge in [0.05, 0.1) is 11.3 Å². The Hall–Kier alpha value is -2.53. The van der Waals surface area contributed by atoms with E-state index in [1.807, 2.05) is 0 Å². The average molecular weight is 417 g/mol. The van der Waals surface area contributed by atoms with Gasteiger partial charge in [0.1, 0.15) is 0 Å². The number of carbonyl (C=O) groups excluding carboxylic acids is 1. The number of hydrogen-bond donors (Lipinski definition) is 2. The Kier molecular flexibility index (Phi) is 5.66. The number of benzene rings is 1. The molecule has 7 nitrogen and oxygen atoms in total. The first-order valence-corrected chi connectivity index (χ1v) is 9.95. The van der Waals surface area contributed by atoms with Gasteiger partial charge >= 0.3 is 12.1 Å². The fourth-order valence-electron chi connectivity index (χ4n) is 2.78. The molecule has 1 fully saturated rings. The van der Waals surface area contributed by atoms with Crippen LogP contribution < -0.4 is 10.9 Å². The normalized spacial score (nSPS) is 16.0. The second kappa shape index (κ2) is 7.84. The topological polar surface area (TPSA) is 91.7 Å². The van der Waals surface area contributed by atoms with Crippen LogP contribution in [0.3, 0.4) is 0 Å². The molecule has 1 amide bonds. The van der Waals surface area contributed by atoms with Gasteiger partial charge in [-0.05, 0) is 43.2 Å². The number of alkyl halides is 3. The highest BCUT2D eigenvalue weighted by Gasteiger charge is 2.31. The summed E-state index contributed by atoms with van der Waals surface area (Å²) in [6, 6.07) is 6.63. The minimum absolute atomic E-state index is 0.0101. The number of nitrogens with one attached hydrogen (secondary N) is 2. The smallest absolute Gasteiger partial charge is 0.416 e. The lowest BCUT2D eigenvalue weighted by atomic mass is 10.2. The van der Waals surface area contributed by atoms with E-state index in [9.17, 15) is 26.4 Å². The molecule has 0 radical (unpaired) electrons. The van der Waals surface area contributed by atoms with Crippen molar-refractivity contribution in [2.45, 2.75) is 30.5 Å². The number of hydrogen-bond acceptors (Lipinski definition) is 5. The van der Waals surface area contributed by atoms with E-state index >= 15 is 0 Å². The maximum Gasteiger partial charge on any atom is 0.416 e. The predicted molar refractivity (Wildman–Crippen MR) is 93.9 cm³/mol. The van der Waals surface area contributed by atoms with Gasteiger partial charge < -0.3 is 4.42 Å². The summed E-state index contributed by atoms with van der Waals surface area (Å²) < 4.78 is 69.6. The maximum atomic E-state index is 12.7. The molecule has 1 aliphatic rings. The number of rotatable bonds is 5. The largest absolute Gasteiger partial charge is 0.438 e. The molecule has 0 atom stereocenters. The molecule has 1 aliphatic heterocycles. The van der Waals surface area contributed by atoms with Crippen LogP contribution in [-0.2, 0) is 16.2 Å². The molecule has 1 aromatic carbocycles. The molecule has 1 aromatic heterocycles. The summed E-state index contributed by atoms with van der Waals surface area (Å²) >= 11 is 0. The Morgan fingerprint density at radius 2 is 1.79 bits per heavy atom. The van der Waals surface area contributed by atoms with Crippen LogP contribution in [0, 0.1) is 0 Å². The van der Waals surface area contributed by atoms with Crippen LogP contribution in [0.4, 0.5) is 18.9 Å². The molecule has 0 unspecified atom stereocenters. The van der Waals surface area contributed by atoms with Gasteiger partial charge in [0, 0.05) is 13.1 Å². The summed E-state index contributed by atoms with van der Waals surface area (Å²) in [6.45, 7) is 0.781. The molecular weight excluding hydrogens is 399 g/mol. The van der Waals surface area contributed by atoms with Crippen molar-refractivity contribution in [2.24, 2.45) is 0 Å². The Bertz CT molecular complexity index is 951. The van der Waals surface area contributed by atoms with Crippen LogP contribution in [0.1, 0.15) is 35.4 Å². The van der Waals surface area contributed by atoms with E-state index in [1.165, 1.54) is 28.6 Å². The van der Waals surface area contributed by atoms with E-state index in [0.717, 1.165) is 31.4 Å². The third-order valence-corrected chi connectivity index (χ3v) is 6.00. The van der Waals surface area contributed by atoms with Gasteiger partial charge in [-0.15, -0.1) is 0 Å². The van der Waals surface area contributed by atoms with Crippen LogP contribution in [0.25, 0.3) is 0 Å². The van der Waals surface area contributed by atoms with Gasteiger partial charge in [-0.25, -0.2) is 8.42 Å². The Morgan fingerprint density at radius 1 is 1.07 bits per heavy atom. The molecule has 152 valence electrons. The second-order valence-corrected chi connectivity index (χ2v) is 8.11. The van der Waals surface area contributed by atoms with E-state index in [2.05, 4.69) is 10.9 Å². The number of carbonyl (C=O) groups is 1. The molecule has 28 heavy (non-hydrogen) atoms. The fraction of sp³-hybridized carbons (Fsp3) is 0.353. The molecular formula is C17H18F3N3O4S. The lowest BCUT2D eigenvalue weighted by molar-refractivity contribution is -0.137. The summed E-state index contributed by atoms with van der Waals surface area (Å²) in [5.41, 5.74) is 3.66. The number of anilines is 1. The van der Waals surface area contributed by atoms with Crippen LogP contribution in [0.5, 0.6) is 0 Å². The van der Waals surface area contributed by atoms with Crippen molar-refractivity contribution in [3.8, 4) is 0 Å². The van der Waals surface area contributed by atoms with E-state index in [0.29, 0.717) is 13.1 Å². The van der Waals surface area contributed by atoms with E-state index in [-0.39, 0.29) is 16.5 Å². The molecule has 11 heteroatoms. The lowest BCUT2D eigenvalue weighted by Gasteiger charge is -2.24. The minimum Gasteiger partial charge on any atom is -0.438 e. The van der Waals surface area contributed by atoms with Crippen molar-refractivity contribution in [1.82, 2.24) is 9.73 Å². The van der Waals surface area contributed by atoms with Gasteiger partial charge in [0.2, 0.25) is 5.09 Å². The number of hydrazine groups is 1. The van der Waals surface area contributed by atoms with Crippen LogP contribution in [0.2, 0.25) is 0 Å². The highest BCUT2D eigenvalue weighted by atomic mass is 32.2. The summed E-state index contributed by atoms with van der Waals surface area (Å²) in [5, 5.41) is -0.349. The van der Waals surface area contributed by atoms with Crippen molar-refractivity contribution < 1.29 is 30.8 Å². The molecule has 0 spiro atoms. The van der Waals surface area contributed by atoms with Crippen LogP contribution in [-0.4, -0.2) is 31.7 Å². The number of sulfonamides is 1. The predicted octanol–water partition coefficient (Wildman–Crippen LogP) is 3.23. The highest BCUT2D eigenvalue weighted by molar-refractivity contribution is 7.89. The zero-order chi connectivity index (χ0) is 20.4. The first-order valence-electron chi connectivity index (χ1n) is 8.51. The second-order valence-electron chi connectivity index (χ2n) is 6.24. The Labute approximate surface area is 159 Å². The number of halogens is 3. The van der Waals surface area contributed by atoms with Gasteiger partial charge in [-0.1, -0.05) is 12.5 Å². The first kappa shape index (κ1) is 20.2. The number of amides is 1. The van der Waals surface area contributed by atoms with Crippen LogP contribution in [0.15, 0.2) is 45.9 Å². The molecule has 0 saturated carbocycles. The van der Waals surface area contributed by atoms with Crippen molar-refractivity contribution in [3.63, 3.8) is 0 Å². The van der Waals surface area contributed by atoms with Crippen molar-refractivity contribution >= 4 is 21.6 Å². The maximum absolute atomic E-state index is 12.7. The lowest BCUT2D eigenvalue weighted by Crippen LogP contribution is -2.35. The van der Waals surface area contributed by atoms with Gasteiger partial charge in [0.25, 0.3) is 10.0 Å². The third kappa shape index (κ3) is 4.47. The van der Waals surface area contributed by atoms with E-state index in [1.54, 1.807) is 0 Å². The molecule has 2 aromatic rings. The number of piperidine rings is 1. The number of nitrogens with zero attached hydrogens (tertiary/aromatic N) is 1. The molecule has 0 bridgehead atoms. The Morgan fingerprint density at radius 3 is 2.46 bits per heavy atom. The molecule has 1 saturated heterocycles. The first-order chi connectivity index (χ1) is 13.2. The zero-order valence-electron chi connectivity index (χ0n) is 14.6. The monoisotopic (exact) mass is 417 g/mol. The summed E-state index contributed by atoms with van der Waals surface area (Å²) in [7, 11) is -3.82. The zero-order valence-corrected chi connectivity index (χ0v) is 15.4. The summed E-state index contributed by atoms with van der Waals surface area (Å²) in [5.74, 6) is -1.10. The highest BCUT2D eigenvalue weighted by Crippen LogP contribution is 2.30. The van der Waals surface area contributed by atoms with Gasteiger partial charge in [-0.3, -0.25) is 15.6 Å².